The average molecular weight is 210 g/mol. The second-order valence-corrected chi connectivity index (χ2v) is 4.13. The molecule has 1 unspecified atom stereocenters. The molecule has 0 radical (unpaired) electrons. The molecule has 1 aromatic rings. The van der Waals surface area contributed by atoms with Crippen LogP contribution in [-0.4, -0.2) is 11.7 Å². The van der Waals surface area contributed by atoms with Gasteiger partial charge in [-0.2, -0.15) is 0 Å². The van der Waals surface area contributed by atoms with Crippen molar-refractivity contribution in [3.8, 4) is 0 Å². The second-order valence-electron chi connectivity index (χ2n) is 3.03. The molecule has 1 aromatic carbocycles. The molecule has 0 bridgehead atoms. The third kappa shape index (κ3) is 3.40. The fraction of sp³-hybridized carbons (Fsp3) is 0.300. The van der Waals surface area contributed by atoms with E-state index in [9.17, 15) is 4.79 Å². The Bertz CT molecular complexity index is 289. The number of carbonyl (C=O) groups is 1. The quantitative estimate of drug-likeness (QED) is 0.342. The van der Waals surface area contributed by atoms with E-state index >= 15 is 0 Å². The maximum absolute atomic E-state index is 11.1. The number of thioether (sulfide) groups is 1. The first-order valence-electron chi connectivity index (χ1n) is 4.42. The van der Waals surface area contributed by atoms with Gasteiger partial charge in [0.1, 0.15) is 0 Å². The van der Waals surface area contributed by atoms with Gasteiger partial charge < -0.3 is 0 Å². The molecular formula is C10H14N2OS. The zero-order chi connectivity index (χ0) is 10.4. The average Bonchev–Trinajstić information content (AvgIpc) is 2.26. The lowest BCUT2D eigenvalue weighted by atomic mass is 10.2. The summed E-state index contributed by atoms with van der Waals surface area (Å²) < 4.78 is 0. The van der Waals surface area contributed by atoms with E-state index in [1.165, 1.54) is 4.90 Å². The van der Waals surface area contributed by atoms with Crippen LogP contribution in [0.5, 0.6) is 0 Å². The minimum atomic E-state index is -0.117. The fourth-order valence-electron chi connectivity index (χ4n) is 0.956. The number of benzene rings is 1. The van der Waals surface area contributed by atoms with E-state index in [1.807, 2.05) is 37.3 Å². The number of nitrogens with one attached hydrogen (secondary N) is 1. The van der Waals surface area contributed by atoms with E-state index in [1.54, 1.807) is 11.8 Å². The molecule has 3 N–H and O–H groups in total. The summed E-state index contributed by atoms with van der Waals surface area (Å²) in [5.41, 5.74) is 2.15. The van der Waals surface area contributed by atoms with Crippen molar-refractivity contribution in [3.05, 3.63) is 30.3 Å². The van der Waals surface area contributed by atoms with Crippen molar-refractivity contribution in [3.63, 3.8) is 0 Å². The zero-order valence-electron chi connectivity index (χ0n) is 8.07. The van der Waals surface area contributed by atoms with Crippen molar-refractivity contribution in [2.45, 2.75) is 11.8 Å². The highest BCUT2D eigenvalue weighted by atomic mass is 32.2. The minimum absolute atomic E-state index is 0.0646. The van der Waals surface area contributed by atoms with Crippen molar-refractivity contribution in [2.75, 3.05) is 5.75 Å². The topological polar surface area (TPSA) is 55.1 Å². The molecule has 0 heterocycles. The van der Waals surface area contributed by atoms with Gasteiger partial charge in [-0.1, -0.05) is 25.1 Å². The Labute approximate surface area is 88.0 Å². The highest BCUT2D eigenvalue weighted by Gasteiger charge is 2.10. The highest BCUT2D eigenvalue weighted by Crippen LogP contribution is 2.19. The molecule has 0 spiro atoms. The molecule has 0 saturated carbocycles. The normalized spacial score (nSPS) is 12.1. The predicted octanol–water partition coefficient (Wildman–Crippen LogP) is 1.40. The molecule has 0 aliphatic heterocycles. The molecular weight excluding hydrogens is 196 g/mol. The smallest absolute Gasteiger partial charge is 0.237 e. The number of carbonyl (C=O) groups excluding carboxylic acids is 1. The molecule has 1 amide bonds. The third-order valence-corrected chi connectivity index (χ3v) is 3.11. The van der Waals surface area contributed by atoms with Gasteiger partial charge in [0.05, 0.1) is 0 Å². The Morgan fingerprint density at radius 2 is 2.14 bits per heavy atom. The van der Waals surface area contributed by atoms with Crippen molar-refractivity contribution in [2.24, 2.45) is 11.8 Å². The number of hydrazine groups is 1. The van der Waals surface area contributed by atoms with Crippen LogP contribution in [0.2, 0.25) is 0 Å². The second kappa shape index (κ2) is 5.67. The van der Waals surface area contributed by atoms with Crippen LogP contribution in [0.4, 0.5) is 0 Å². The van der Waals surface area contributed by atoms with E-state index < -0.39 is 0 Å². The molecule has 76 valence electrons. The molecule has 1 rings (SSSR count). The molecule has 14 heavy (non-hydrogen) atoms. The molecule has 3 nitrogen and oxygen atoms in total. The van der Waals surface area contributed by atoms with E-state index in [2.05, 4.69) is 5.43 Å². The molecule has 1 atom stereocenters. The van der Waals surface area contributed by atoms with Crippen molar-refractivity contribution in [1.29, 1.82) is 0 Å². The summed E-state index contributed by atoms with van der Waals surface area (Å²) in [4.78, 5) is 12.3. The van der Waals surface area contributed by atoms with Gasteiger partial charge in [-0.05, 0) is 12.1 Å². The lowest BCUT2D eigenvalue weighted by Crippen LogP contribution is -2.35. The Balaban J connectivity index is 2.38. The number of amides is 1. The first-order valence-corrected chi connectivity index (χ1v) is 5.41. The van der Waals surface area contributed by atoms with Crippen molar-refractivity contribution < 1.29 is 4.79 Å². The Morgan fingerprint density at radius 3 is 2.71 bits per heavy atom. The maximum Gasteiger partial charge on any atom is 0.237 e. The van der Waals surface area contributed by atoms with Gasteiger partial charge in [0, 0.05) is 16.6 Å². The van der Waals surface area contributed by atoms with Crippen LogP contribution in [0.15, 0.2) is 35.2 Å². The minimum Gasteiger partial charge on any atom is -0.294 e. The lowest BCUT2D eigenvalue weighted by Gasteiger charge is -2.08. The summed E-state index contributed by atoms with van der Waals surface area (Å²) in [6.07, 6.45) is 0. The summed E-state index contributed by atoms with van der Waals surface area (Å²) in [6, 6.07) is 9.99. The maximum atomic E-state index is 11.1. The number of nitrogens with two attached hydrogens (primary N) is 1. The summed E-state index contributed by atoms with van der Waals surface area (Å²) in [5, 5.41) is 0. The Hall–Kier alpha value is -1.00. The van der Waals surface area contributed by atoms with Crippen LogP contribution in [0, 0.1) is 5.92 Å². The van der Waals surface area contributed by atoms with Crippen LogP contribution < -0.4 is 11.3 Å². The Morgan fingerprint density at radius 1 is 1.50 bits per heavy atom. The molecule has 4 heteroatoms. The molecule has 0 aromatic heterocycles. The monoisotopic (exact) mass is 210 g/mol. The van der Waals surface area contributed by atoms with Crippen LogP contribution in [0.25, 0.3) is 0 Å². The first-order chi connectivity index (χ1) is 6.74. The van der Waals surface area contributed by atoms with Crippen LogP contribution >= 0.6 is 11.8 Å². The first kappa shape index (κ1) is 11.1. The molecule has 0 aliphatic rings. The summed E-state index contributed by atoms with van der Waals surface area (Å²) in [5.74, 6) is 5.59. The summed E-state index contributed by atoms with van der Waals surface area (Å²) in [6.45, 7) is 1.86. The van der Waals surface area contributed by atoms with Gasteiger partial charge in [-0.3, -0.25) is 10.2 Å². The van der Waals surface area contributed by atoms with Crippen molar-refractivity contribution >= 4 is 17.7 Å². The predicted molar refractivity (Wildman–Crippen MR) is 58.7 cm³/mol. The van der Waals surface area contributed by atoms with Gasteiger partial charge in [0.15, 0.2) is 0 Å². The third-order valence-electron chi connectivity index (χ3n) is 1.83. The van der Waals surface area contributed by atoms with Gasteiger partial charge in [-0.25, -0.2) is 5.84 Å². The lowest BCUT2D eigenvalue weighted by molar-refractivity contribution is -0.123. The summed E-state index contributed by atoms with van der Waals surface area (Å²) in [7, 11) is 0. The van der Waals surface area contributed by atoms with E-state index in [4.69, 9.17) is 5.84 Å². The molecule has 0 aliphatic carbocycles. The largest absolute Gasteiger partial charge is 0.294 e. The van der Waals surface area contributed by atoms with Gasteiger partial charge in [0.25, 0.3) is 0 Å². The van der Waals surface area contributed by atoms with Crippen LogP contribution in [0.1, 0.15) is 6.92 Å². The van der Waals surface area contributed by atoms with Gasteiger partial charge in [0.2, 0.25) is 5.91 Å². The van der Waals surface area contributed by atoms with Gasteiger partial charge in [-0.15, -0.1) is 11.8 Å². The number of hydrogen-bond donors (Lipinski definition) is 2. The SMILES string of the molecule is CC(CSc1ccccc1)C(=O)NN. The van der Waals surface area contributed by atoms with E-state index in [0.29, 0.717) is 0 Å². The Kier molecular flexibility index (Phi) is 4.49. The van der Waals surface area contributed by atoms with Crippen LogP contribution in [-0.2, 0) is 4.79 Å². The fourth-order valence-corrected chi connectivity index (χ4v) is 1.90. The standard InChI is InChI=1S/C10H14N2OS/c1-8(10(13)12-11)7-14-9-5-3-2-4-6-9/h2-6,8H,7,11H2,1H3,(H,12,13). The number of rotatable bonds is 4. The molecule has 0 fully saturated rings. The van der Waals surface area contributed by atoms with Crippen LogP contribution in [0.3, 0.4) is 0 Å². The van der Waals surface area contributed by atoms with E-state index in [-0.39, 0.29) is 11.8 Å². The van der Waals surface area contributed by atoms with E-state index in [0.717, 1.165) is 5.75 Å². The highest BCUT2D eigenvalue weighted by molar-refractivity contribution is 7.99. The zero-order valence-corrected chi connectivity index (χ0v) is 8.88. The summed E-state index contributed by atoms with van der Waals surface area (Å²) >= 11 is 1.66. The van der Waals surface area contributed by atoms with Crippen molar-refractivity contribution in [1.82, 2.24) is 5.43 Å². The molecule has 0 saturated heterocycles. The number of hydrogen-bond acceptors (Lipinski definition) is 3. The van der Waals surface area contributed by atoms with Gasteiger partial charge >= 0.3 is 0 Å².